The molecule has 2 saturated carbocycles. The van der Waals surface area contributed by atoms with E-state index in [0.29, 0.717) is 23.6 Å². The van der Waals surface area contributed by atoms with E-state index in [1.54, 1.807) is 0 Å². The van der Waals surface area contributed by atoms with E-state index in [0.717, 1.165) is 29.7 Å². The first-order valence-corrected chi connectivity index (χ1v) is 14.6. The third kappa shape index (κ3) is 6.95. The maximum absolute atomic E-state index is 11.2. The first-order chi connectivity index (χ1) is 19.2. The van der Waals surface area contributed by atoms with E-state index in [4.69, 9.17) is 25.5 Å². The van der Waals surface area contributed by atoms with Gasteiger partial charge in [0, 0.05) is 26.0 Å². The Labute approximate surface area is 237 Å². The third-order valence-electron chi connectivity index (χ3n) is 8.55. The van der Waals surface area contributed by atoms with E-state index in [2.05, 4.69) is 54.0 Å². The largest absolute Gasteiger partial charge is 0.465 e. The van der Waals surface area contributed by atoms with Gasteiger partial charge >= 0.3 is 6.09 Å². The highest BCUT2D eigenvalue weighted by Gasteiger charge is 2.29. The molecule has 0 aromatic carbocycles. The van der Waals surface area contributed by atoms with Gasteiger partial charge in [0.15, 0.2) is 23.3 Å². The van der Waals surface area contributed by atoms with Crippen LogP contribution in [0.3, 0.4) is 0 Å². The second kappa shape index (κ2) is 13.2. The van der Waals surface area contributed by atoms with Crippen molar-refractivity contribution in [3.05, 3.63) is 29.6 Å². The van der Waals surface area contributed by atoms with Gasteiger partial charge in [-0.2, -0.15) is 0 Å². The van der Waals surface area contributed by atoms with Crippen molar-refractivity contribution in [2.75, 3.05) is 12.4 Å². The summed E-state index contributed by atoms with van der Waals surface area (Å²) in [5.74, 6) is 3.14. The first-order valence-electron chi connectivity index (χ1n) is 14.6. The Morgan fingerprint density at radius 3 is 2.60 bits per heavy atom. The van der Waals surface area contributed by atoms with Crippen LogP contribution >= 0.6 is 0 Å². The summed E-state index contributed by atoms with van der Waals surface area (Å²) in [6.07, 6.45) is 10.9. The van der Waals surface area contributed by atoms with Crippen molar-refractivity contribution in [2.45, 2.75) is 91.1 Å². The summed E-state index contributed by atoms with van der Waals surface area (Å²) in [6.45, 7) is 9.54. The van der Waals surface area contributed by atoms with E-state index < -0.39 is 6.09 Å². The van der Waals surface area contributed by atoms with Crippen LogP contribution in [0, 0.1) is 23.2 Å². The molecule has 0 aliphatic heterocycles. The molecule has 3 atom stereocenters. The summed E-state index contributed by atoms with van der Waals surface area (Å²) in [7, 11) is 1.52. The topological polar surface area (TPSA) is 141 Å². The number of carboxylic acid groups (broad SMARTS) is 1. The van der Waals surface area contributed by atoms with Crippen molar-refractivity contribution in [3.63, 3.8) is 0 Å². The molecular weight excluding hydrogens is 504 g/mol. The molecule has 10 heteroatoms. The molecule has 2 unspecified atom stereocenters. The van der Waals surface area contributed by atoms with Gasteiger partial charge in [-0.1, -0.05) is 40.0 Å². The lowest BCUT2D eigenvalue weighted by Crippen LogP contribution is -2.38. The van der Waals surface area contributed by atoms with Gasteiger partial charge in [-0.15, -0.1) is 0 Å². The Balaban J connectivity index is 1.81. The van der Waals surface area contributed by atoms with E-state index in [1.165, 1.54) is 57.6 Å². The van der Waals surface area contributed by atoms with Crippen LogP contribution in [-0.2, 0) is 6.54 Å². The van der Waals surface area contributed by atoms with E-state index in [9.17, 15) is 4.79 Å². The zero-order valence-corrected chi connectivity index (χ0v) is 24.4. The molecule has 0 spiro atoms. The molecule has 2 aliphatic rings. The van der Waals surface area contributed by atoms with Gasteiger partial charge in [-0.3, -0.25) is 25.7 Å². The second-order valence-electron chi connectivity index (χ2n) is 11.6. The van der Waals surface area contributed by atoms with Gasteiger partial charge in [0.05, 0.1) is 6.04 Å². The molecular formula is C30H44N8O2. The SMILES string of the molecule is CCC1CCC(Cn2c(-c3cc(C(C)C)ccn3)nc(NC(=NC)C(=N)NC(=O)O)c2C=N[C@H](C)C2CCC2)C1. The number of nitrogens with zero attached hydrogens (tertiary/aromatic N) is 5. The molecule has 2 heterocycles. The lowest BCUT2D eigenvalue weighted by Gasteiger charge is -2.28. The van der Waals surface area contributed by atoms with Crippen LogP contribution in [0.25, 0.3) is 11.5 Å². The number of nitrogens with one attached hydrogen (secondary N) is 3. The highest BCUT2D eigenvalue weighted by atomic mass is 16.4. The van der Waals surface area contributed by atoms with Crippen LogP contribution in [-0.4, -0.2) is 56.7 Å². The molecule has 0 saturated heterocycles. The monoisotopic (exact) mass is 548 g/mol. The highest BCUT2D eigenvalue weighted by Crippen LogP contribution is 2.36. The molecule has 0 bridgehead atoms. The number of carbonyl (C=O) groups is 1. The maximum Gasteiger partial charge on any atom is 0.410 e. The Hall–Kier alpha value is -3.56. The van der Waals surface area contributed by atoms with Crippen molar-refractivity contribution in [3.8, 4) is 11.5 Å². The molecule has 4 rings (SSSR count). The van der Waals surface area contributed by atoms with Crippen LogP contribution in [0.1, 0.15) is 89.8 Å². The minimum absolute atomic E-state index is 0.0797. The molecule has 4 N–H and O–H groups in total. The van der Waals surface area contributed by atoms with Crippen LogP contribution in [0.2, 0.25) is 0 Å². The number of amides is 1. The van der Waals surface area contributed by atoms with Gasteiger partial charge in [0.2, 0.25) is 0 Å². The molecule has 216 valence electrons. The minimum atomic E-state index is -1.32. The van der Waals surface area contributed by atoms with Crippen molar-refractivity contribution in [1.82, 2.24) is 19.9 Å². The van der Waals surface area contributed by atoms with Crippen LogP contribution in [0.4, 0.5) is 10.6 Å². The Morgan fingerprint density at radius 1 is 1.25 bits per heavy atom. The number of anilines is 1. The Kier molecular flexibility index (Phi) is 9.71. The molecule has 0 radical (unpaired) electrons. The average Bonchev–Trinajstić information content (AvgIpc) is 3.49. The highest BCUT2D eigenvalue weighted by molar-refractivity contribution is 6.45. The van der Waals surface area contributed by atoms with Crippen molar-refractivity contribution in [1.29, 1.82) is 5.41 Å². The van der Waals surface area contributed by atoms with Crippen LogP contribution < -0.4 is 10.6 Å². The number of pyridine rings is 1. The quantitative estimate of drug-likeness (QED) is 0.218. The number of amidine groups is 2. The molecule has 2 aromatic rings. The summed E-state index contributed by atoms with van der Waals surface area (Å²) in [6, 6.07) is 4.32. The number of aromatic nitrogens is 3. The van der Waals surface area contributed by atoms with Crippen molar-refractivity contribution >= 4 is 29.8 Å². The molecule has 10 nitrogen and oxygen atoms in total. The summed E-state index contributed by atoms with van der Waals surface area (Å²) in [5, 5.41) is 22.6. The van der Waals surface area contributed by atoms with Crippen molar-refractivity contribution < 1.29 is 9.90 Å². The molecule has 1 amide bonds. The standard InChI is InChI=1S/C30H44N8O2/c1-6-20-10-11-21(14-20)17-38-25(16-34-19(4)22-8-7-9-22)27(36-28(32-5)26(31)35-30(39)40)37-29(38)24-15-23(18(2)3)12-13-33-24/h12-13,15-16,18-22H,6-11,14,17H2,1-5H3,(H2,31,35)(H,32,36)(H,39,40)/t19-,20?,21?/m1/s1. The number of hydrogen-bond donors (Lipinski definition) is 4. The second-order valence-corrected chi connectivity index (χ2v) is 11.6. The number of imidazole rings is 1. The number of aliphatic imine (C=N–C) groups is 2. The summed E-state index contributed by atoms with van der Waals surface area (Å²) >= 11 is 0. The molecule has 40 heavy (non-hydrogen) atoms. The predicted molar refractivity (Wildman–Crippen MR) is 161 cm³/mol. The lowest BCUT2D eigenvalue weighted by molar-refractivity contribution is 0.200. The van der Waals surface area contributed by atoms with E-state index in [1.807, 2.05) is 18.5 Å². The fourth-order valence-corrected chi connectivity index (χ4v) is 5.71. The zero-order valence-electron chi connectivity index (χ0n) is 24.4. The first kappa shape index (κ1) is 29.4. The predicted octanol–water partition coefficient (Wildman–Crippen LogP) is 6.19. The summed E-state index contributed by atoms with van der Waals surface area (Å²) < 4.78 is 2.22. The summed E-state index contributed by atoms with van der Waals surface area (Å²) in [5.41, 5.74) is 2.75. The van der Waals surface area contributed by atoms with Gasteiger partial charge in [0.1, 0.15) is 11.4 Å². The fourth-order valence-electron chi connectivity index (χ4n) is 5.71. The van der Waals surface area contributed by atoms with Crippen LogP contribution in [0.5, 0.6) is 0 Å². The smallest absolute Gasteiger partial charge is 0.410 e. The van der Waals surface area contributed by atoms with Gasteiger partial charge in [-0.25, -0.2) is 9.78 Å². The maximum atomic E-state index is 11.2. The van der Waals surface area contributed by atoms with Gasteiger partial charge < -0.3 is 15.0 Å². The number of hydrogen-bond acceptors (Lipinski definition) is 6. The molecule has 2 fully saturated rings. The zero-order chi connectivity index (χ0) is 28.8. The van der Waals surface area contributed by atoms with E-state index in [-0.39, 0.29) is 17.7 Å². The lowest BCUT2D eigenvalue weighted by atomic mass is 9.81. The van der Waals surface area contributed by atoms with Crippen LogP contribution in [0.15, 0.2) is 28.3 Å². The summed E-state index contributed by atoms with van der Waals surface area (Å²) in [4.78, 5) is 30.1. The minimum Gasteiger partial charge on any atom is -0.465 e. The van der Waals surface area contributed by atoms with Gasteiger partial charge in [-0.05, 0) is 74.0 Å². The van der Waals surface area contributed by atoms with E-state index >= 15 is 0 Å². The Bertz CT molecular complexity index is 1260. The van der Waals surface area contributed by atoms with Crippen molar-refractivity contribution in [2.24, 2.45) is 27.7 Å². The molecule has 2 aliphatic carbocycles. The molecule has 2 aromatic heterocycles. The number of rotatable bonds is 9. The fraction of sp³-hybridized carbons (Fsp3) is 0.600. The normalized spacial score (nSPS) is 20.6. The third-order valence-corrected chi connectivity index (χ3v) is 8.55. The average molecular weight is 549 g/mol. The van der Waals surface area contributed by atoms with Gasteiger partial charge in [0.25, 0.3) is 0 Å². The Morgan fingerprint density at radius 2 is 2.00 bits per heavy atom.